The lowest BCUT2D eigenvalue weighted by atomic mass is 9.96. The van der Waals surface area contributed by atoms with E-state index >= 15 is 0 Å². The van der Waals surface area contributed by atoms with Crippen LogP contribution in [0.25, 0.3) is 11.0 Å². The smallest absolute Gasteiger partial charge is 0.408 e. The number of alkyl carbamates (subject to hydrolysis) is 1. The second-order valence-electron chi connectivity index (χ2n) is 12.5. The Morgan fingerprint density at radius 3 is 2.67 bits per heavy atom. The molecule has 1 aromatic carbocycles. The summed E-state index contributed by atoms with van der Waals surface area (Å²) in [7, 11) is 1.58. The van der Waals surface area contributed by atoms with Gasteiger partial charge in [0.05, 0.1) is 19.2 Å². The molecule has 5 atom stereocenters. The molecule has 1 saturated heterocycles. The Kier molecular flexibility index (Phi) is 7.85. The number of aliphatic carboxylic acids is 1. The highest BCUT2D eigenvalue weighted by Crippen LogP contribution is 2.49. The molecule has 2 amide bonds. The molecule has 2 aliphatic carbocycles. The average molecular weight is 581 g/mol. The molecular formula is C31H40N4O7. The molecule has 0 spiro atoms. The summed E-state index contributed by atoms with van der Waals surface area (Å²) in [6.07, 6.45) is 7.67. The van der Waals surface area contributed by atoms with E-state index in [0.717, 1.165) is 57.8 Å². The van der Waals surface area contributed by atoms with Crippen molar-refractivity contribution in [1.29, 1.82) is 0 Å². The molecule has 2 aliphatic heterocycles. The number of ether oxygens (including phenoxy) is 3. The first kappa shape index (κ1) is 28.5. The molecule has 2 bridgehead atoms. The van der Waals surface area contributed by atoms with Gasteiger partial charge in [-0.15, -0.1) is 0 Å². The number of carbonyl (C=O) groups is 3. The molecule has 2 saturated carbocycles. The molecule has 3 heterocycles. The van der Waals surface area contributed by atoms with E-state index in [2.05, 4.69) is 5.32 Å². The van der Waals surface area contributed by atoms with Gasteiger partial charge in [-0.05, 0) is 63.5 Å². The highest BCUT2D eigenvalue weighted by molar-refractivity contribution is 5.90. The Hall–Kier alpha value is -3.63. The van der Waals surface area contributed by atoms with Crippen molar-refractivity contribution in [3.63, 3.8) is 0 Å². The van der Waals surface area contributed by atoms with Gasteiger partial charge in [0.1, 0.15) is 40.7 Å². The minimum atomic E-state index is -1.10. The van der Waals surface area contributed by atoms with Crippen molar-refractivity contribution in [3.05, 3.63) is 23.9 Å². The monoisotopic (exact) mass is 580 g/mol. The molecule has 1 aromatic heterocycles. The van der Waals surface area contributed by atoms with Crippen LogP contribution in [0.5, 0.6) is 11.6 Å². The summed E-state index contributed by atoms with van der Waals surface area (Å²) in [5.41, 5.74) is 1.44. The molecule has 2 aromatic rings. The van der Waals surface area contributed by atoms with E-state index in [4.69, 9.17) is 24.2 Å². The van der Waals surface area contributed by atoms with Crippen molar-refractivity contribution in [2.24, 2.45) is 11.8 Å². The van der Waals surface area contributed by atoms with E-state index in [1.165, 1.54) is 4.90 Å². The number of hydrogen-bond acceptors (Lipinski definition) is 8. The van der Waals surface area contributed by atoms with Crippen LogP contribution in [0.3, 0.4) is 0 Å². The predicted octanol–water partition coefficient (Wildman–Crippen LogP) is 4.25. The third kappa shape index (κ3) is 5.70. The highest BCUT2D eigenvalue weighted by Gasteiger charge is 2.54. The predicted molar refractivity (Wildman–Crippen MR) is 152 cm³/mol. The Labute approximate surface area is 245 Å². The largest absolute Gasteiger partial charge is 0.494 e. The van der Waals surface area contributed by atoms with Gasteiger partial charge < -0.3 is 29.5 Å². The number of aryl methyl sites for hydroxylation is 1. The number of methoxy groups -OCH3 is 1. The number of nitrogens with one attached hydrogen (secondary N) is 1. The van der Waals surface area contributed by atoms with Gasteiger partial charge >= 0.3 is 12.1 Å². The molecule has 0 radical (unpaired) electrons. The number of para-hydroxylation sites is 1. The van der Waals surface area contributed by atoms with Crippen molar-refractivity contribution < 1.29 is 33.7 Å². The average Bonchev–Trinajstić information content (AvgIpc) is 3.34. The summed E-state index contributed by atoms with van der Waals surface area (Å²) in [5, 5.41) is 13.0. The number of fused-ring (bicyclic) bond motifs is 5. The molecule has 0 unspecified atom stereocenters. The summed E-state index contributed by atoms with van der Waals surface area (Å²) < 4.78 is 17.8. The third-order valence-corrected chi connectivity index (χ3v) is 9.58. The van der Waals surface area contributed by atoms with Gasteiger partial charge in [0, 0.05) is 12.3 Å². The van der Waals surface area contributed by atoms with Crippen molar-refractivity contribution in [1.82, 2.24) is 20.2 Å². The summed E-state index contributed by atoms with van der Waals surface area (Å²) in [6, 6.07) is 3.64. The normalized spacial score (nSPS) is 30.8. The van der Waals surface area contributed by atoms with E-state index < -0.39 is 41.8 Å². The van der Waals surface area contributed by atoms with Crippen LogP contribution < -0.4 is 14.8 Å². The van der Waals surface area contributed by atoms with Crippen LogP contribution in [-0.2, 0) is 20.7 Å². The zero-order valence-corrected chi connectivity index (χ0v) is 24.3. The fourth-order valence-electron chi connectivity index (χ4n) is 7.05. The van der Waals surface area contributed by atoms with Crippen molar-refractivity contribution in [2.75, 3.05) is 13.7 Å². The maximum absolute atomic E-state index is 14.0. The molecule has 226 valence electrons. The van der Waals surface area contributed by atoms with Crippen LogP contribution in [0.2, 0.25) is 0 Å². The lowest BCUT2D eigenvalue weighted by molar-refractivity contribution is -0.149. The number of amides is 2. The molecule has 4 aliphatic rings. The van der Waals surface area contributed by atoms with Gasteiger partial charge in [0.2, 0.25) is 11.8 Å². The zero-order valence-electron chi connectivity index (χ0n) is 24.3. The lowest BCUT2D eigenvalue weighted by Gasteiger charge is -2.30. The van der Waals surface area contributed by atoms with Gasteiger partial charge in [0.25, 0.3) is 0 Å². The van der Waals surface area contributed by atoms with Crippen LogP contribution in [0.4, 0.5) is 4.79 Å². The lowest BCUT2D eigenvalue weighted by Crippen LogP contribution is -2.55. The molecule has 42 heavy (non-hydrogen) atoms. The van der Waals surface area contributed by atoms with Crippen LogP contribution >= 0.6 is 0 Å². The Morgan fingerprint density at radius 2 is 1.90 bits per heavy atom. The van der Waals surface area contributed by atoms with E-state index in [0.29, 0.717) is 34.8 Å². The van der Waals surface area contributed by atoms with Crippen molar-refractivity contribution in [2.45, 2.75) is 101 Å². The van der Waals surface area contributed by atoms with Gasteiger partial charge in [-0.25, -0.2) is 19.6 Å². The number of benzene rings is 1. The molecular weight excluding hydrogens is 540 g/mol. The summed E-state index contributed by atoms with van der Waals surface area (Å²) in [4.78, 5) is 50.5. The first-order valence-electron chi connectivity index (χ1n) is 15.3. The maximum atomic E-state index is 14.0. The standard InChI is InChI=1S/C31H40N4O7/c1-31-16-19(31)11-4-3-5-12-22-27(33-26-21(32-22)13-8-14-24(26)40-2)41-20-15-23(29(37)38)35(17-20)28(36)25(34-30(39)42-31)18-9-6-7-10-18/h8,13-14,18-20,23,25H,3-7,9-12,15-17H2,1-2H3,(H,34,39)(H,37,38)/t19-,20-,23+,25+,31-/m1/s1. The van der Waals surface area contributed by atoms with Crippen molar-refractivity contribution in [3.8, 4) is 11.6 Å². The van der Waals surface area contributed by atoms with Crippen LogP contribution in [-0.4, -0.2) is 75.4 Å². The Bertz CT molecular complexity index is 1360. The number of carboxylic acids is 1. The highest BCUT2D eigenvalue weighted by atomic mass is 16.6. The van der Waals surface area contributed by atoms with Gasteiger partial charge in [-0.1, -0.05) is 31.7 Å². The quantitative estimate of drug-likeness (QED) is 0.545. The number of aromatic nitrogens is 2. The summed E-state index contributed by atoms with van der Waals surface area (Å²) >= 11 is 0. The number of hydrogen-bond donors (Lipinski definition) is 2. The maximum Gasteiger partial charge on any atom is 0.408 e. The molecule has 11 nitrogen and oxygen atoms in total. The fourth-order valence-corrected chi connectivity index (χ4v) is 7.05. The second-order valence-corrected chi connectivity index (χ2v) is 12.5. The van der Waals surface area contributed by atoms with Crippen LogP contribution in [0, 0.1) is 11.8 Å². The van der Waals surface area contributed by atoms with Gasteiger partial charge in [-0.3, -0.25) is 4.79 Å². The minimum Gasteiger partial charge on any atom is -0.494 e. The molecule has 3 fully saturated rings. The molecule has 11 heteroatoms. The van der Waals surface area contributed by atoms with Crippen molar-refractivity contribution >= 4 is 29.0 Å². The molecule has 2 N–H and O–H groups in total. The topological polar surface area (TPSA) is 140 Å². The van der Waals surface area contributed by atoms with E-state index in [1.807, 2.05) is 25.1 Å². The number of carbonyl (C=O) groups excluding carboxylic acids is 2. The van der Waals surface area contributed by atoms with E-state index in [1.54, 1.807) is 7.11 Å². The SMILES string of the molecule is COc1cccc2nc3c(nc12)O[C@@H]1C[C@@H](C(=O)O)N(C1)C(=O)[C@H](C1CCCC1)NC(=O)O[C@]1(C)C[C@H]1CCCCC3. The number of rotatable bonds is 3. The summed E-state index contributed by atoms with van der Waals surface area (Å²) in [6.45, 7) is 2.02. The fraction of sp³-hybridized carbons (Fsp3) is 0.645. The van der Waals surface area contributed by atoms with Crippen LogP contribution in [0.15, 0.2) is 18.2 Å². The third-order valence-electron chi connectivity index (χ3n) is 9.58. The minimum absolute atomic E-state index is 0.0701. The van der Waals surface area contributed by atoms with E-state index in [9.17, 15) is 19.5 Å². The van der Waals surface area contributed by atoms with Gasteiger partial charge in [-0.2, -0.15) is 0 Å². The van der Waals surface area contributed by atoms with E-state index in [-0.39, 0.29) is 24.8 Å². The number of carboxylic acid groups (broad SMARTS) is 1. The first-order chi connectivity index (χ1) is 20.3. The number of nitrogens with zero attached hydrogens (tertiary/aromatic N) is 3. The van der Waals surface area contributed by atoms with Crippen LogP contribution in [0.1, 0.15) is 76.8 Å². The zero-order chi connectivity index (χ0) is 29.4. The molecule has 6 rings (SSSR count). The van der Waals surface area contributed by atoms with Gasteiger partial charge in [0.15, 0.2) is 0 Å². The first-order valence-corrected chi connectivity index (χ1v) is 15.3. The second kappa shape index (κ2) is 11.6. The Balaban J connectivity index is 1.34. The summed E-state index contributed by atoms with van der Waals surface area (Å²) in [5.74, 6) is -0.373. The Morgan fingerprint density at radius 1 is 1.12 bits per heavy atom.